The number of halogens is 1. The fourth-order valence-electron chi connectivity index (χ4n) is 2.40. The number of alkyl halides is 1. The molecule has 0 N–H and O–H groups in total. The molecule has 0 unspecified atom stereocenters. The van der Waals surface area contributed by atoms with E-state index in [1.54, 1.807) is 0 Å². The molecule has 0 aliphatic heterocycles. The van der Waals surface area contributed by atoms with Crippen molar-refractivity contribution in [3.63, 3.8) is 0 Å². The fourth-order valence-corrected chi connectivity index (χ4v) is 2.70. The Balaban J connectivity index is 2.21. The highest BCUT2D eigenvalue weighted by atomic mass is 35.5. The minimum absolute atomic E-state index is 0.555. The normalized spacial score (nSPS) is 11.1. The lowest BCUT2D eigenvalue weighted by atomic mass is 9.99. The summed E-state index contributed by atoms with van der Waals surface area (Å²) in [6.45, 7) is 2.10. The summed E-state index contributed by atoms with van der Waals surface area (Å²) in [6.07, 6.45) is 1.86. The number of hydrogen-bond acceptors (Lipinski definition) is 1. The van der Waals surface area contributed by atoms with Gasteiger partial charge in [0.25, 0.3) is 0 Å². The van der Waals surface area contributed by atoms with E-state index in [1.165, 1.54) is 22.3 Å². The molecule has 0 saturated heterocycles. The van der Waals surface area contributed by atoms with Gasteiger partial charge in [0.05, 0.1) is 17.4 Å². The molecular weight excluding hydrogens is 256 g/mol. The standard InChI is InChI=1S/C16H15ClN2/c1-11-8-12(6-7-13(11)9-17)14-4-3-5-15-16(14)18-10-19(15)2/h3-8,10H,9H2,1-2H3. The van der Waals surface area contributed by atoms with Crippen molar-refractivity contribution in [2.24, 2.45) is 7.05 Å². The molecule has 0 saturated carbocycles. The second-order valence-corrected chi connectivity index (χ2v) is 5.07. The van der Waals surface area contributed by atoms with Crippen LogP contribution in [0.15, 0.2) is 42.7 Å². The van der Waals surface area contributed by atoms with Crippen LogP contribution in [0.1, 0.15) is 11.1 Å². The topological polar surface area (TPSA) is 17.8 Å². The highest BCUT2D eigenvalue weighted by Gasteiger charge is 2.08. The predicted molar refractivity (Wildman–Crippen MR) is 80.4 cm³/mol. The van der Waals surface area contributed by atoms with Crippen LogP contribution in [0.2, 0.25) is 0 Å². The molecule has 0 aliphatic carbocycles. The Morgan fingerprint density at radius 3 is 2.79 bits per heavy atom. The Bertz CT molecular complexity index is 744. The van der Waals surface area contributed by atoms with Gasteiger partial charge in [0.15, 0.2) is 0 Å². The molecule has 0 radical (unpaired) electrons. The molecule has 0 atom stereocenters. The molecule has 96 valence electrons. The van der Waals surface area contributed by atoms with Gasteiger partial charge in [-0.1, -0.05) is 30.3 Å². The van der Waals surface area contributed by atoms with Gasteiger partial charge in [0.2, 0.25) is 0 Å². The summed E-state index contributed by atoms with van der Waals surface area (Å²) in [5, 5.41) is 0. The van der Waals surface area contributed by atoms with Gasteiger partial charge in [-0.15, -0.1) is 11.6 Å². The van der Waals surface area contributed by atoms with Gasteiger partial charge in [-0.3, -0.25) is 0 Å². The number of nitrogens with zero attached hydrogens (tertiary/aromatic N) is 2. The first-order chi connectivity index (χ1) is 9.20. The average Bonchev–Trinajstić information content (AvgIpc) is 2.80. The Hall–Kier alpha value is -1.80. The molecule has 19 heavy (non-hydrogen) atoms. The third kappa shape index (κ3) is 2.02. The van der Waals surface area contributed by atoms with Gasteiger partial charge in [-0.2, -0.15) is 0 Å². The first-order valence-corrected chi connectivity index (χ1v) is 6.80. The minimum Gasteiger partial charge on any atom is -0.334 e. The van der Waals surface area contributed by atoms with E-state index in [0.717, 1.165) is 11.0 Å². The summed E-state index contributed by atoms with van der Waals surface area (Å²) >= 11 is 5.91. The lowest BCUT2D eigenvalue weighted by molar-refractivity contribution is 0.948. The average molecular weight is 271 g/mol. The van der Waals surface area contributed by atoms with Gasteiger partial charge in [0, 0.05) is 18.5 Å². The smallest absolute Gasteiger partial charge is 0.0962 e. The number of hydrogen-bond donors (Lipinski definition) is 0. The second kappa shape index (κ2) is 4.71. The van der Waals surface area contributed by atoms with Crippen molar-refractivity contribution in [3.05, 3.63) is 53.9 Å². The molecule has 0 aliphatic rings. The van der Waals surface area contributed by atoms with Crippen LogP contribution in [-0.4, -0.2) is 9.55 Å². The fraction of sp³-hybridized carbons (Fsp3) is 0.188. The number of para-hydroxylation sites is 1. The SMILES string of the molecule is Cc1cc(-c2cccc3c2ncn3C)ccc1CCl. The number of benzene rings is 2. The molecule has 3 rings (SSSR count). The summed E-state index contributed by atoms with van der Waals surface area (Å²) in [6, 6.07) is 12.7. The highest BCUT2D eigenvalue weighted by Crippen LogP contribution is 2.29. The van der Waals surface area contributed by atoms with E-state index in [0.29, 0.717) is 5.88 Å². The number of fused-ring (bicyclic) bond motifs is 1. The van der Waals surface area contributed by atoms with Crippen LogP contribution in [0.4, 0.5) is 0 Å². The van der Waals surface area contributed by atoms with Gasteiger partial charge in [-0.05, 0) is 29.7 Å². The lowest BCUT2D eigenvalue weighted by Crippen LogP contribution is -1.88. The summed E-state index contributed by atoms with van der Waals surface area (Å²) in [5.74, 6) is 0.555. The predicted octanol–water partition coefficient (Wildman–Crippen LogP) is 4.29. The van der Waals surface area contributed by atoms with Gasteiger partial charge >= 0.3 is 0 Å². The van der Waals surface area contributed by atoms with E-state index in [4.69, 9.17) is 11.6 Å². The molecular formula is C16H15ClN2. The zero-order chi connectivity index (χ0) is 13.4. The van der Waals surface area contributed by atoms with Gasteiger partial charge in [0.1, 0.15) is 0 Å². The summed E-state index contributed by atoms with van der Waals surface area (Å²) in [5.41, 5.74) is 6.96. The third-order valence-electron chi connectivity index (χ3n) is 3.55. The van der Waals surface area contributed by atoms with Crippen LogP contribution in [0, 0.1) is 6.92 Å². The van der Waals surface area contributed by atoms with Crippen LogP contribution in [0.25, 0.3) is 22.2 Å². The van der Waals surface area contributed by atoms with Gasteiger partial charge < -0.3 is 4.57 Å². The van der Waals surface area contributed by atoms with Crippen molar-refractivity contribution in [2.45, 2.75) is 12.8 Å². The number of imidazole rings is 1. The first kappa shape index (κ1) is 12.2. The maximum absolute atomic E-state index is 5.91. The van der Waals surface area contributed by atoms with E-state index in [9.17, 15) is 0 Å². The number of rotatable bonds is 2. The van der Waals surface area contributed by atoms with Crippen molar-refractivity contribution < 1.29 is 0 Å². The zero-order valence-electron chi connectivity index (χ0n) is 11.0. The molecule has 2 aromatic carbocycles. The van der Waals surface area contributed by atoms with Crippen molar-refractivity contribution in [1.82, 2.24) is 9.55 Å². The van der Waals surface area contributed by atoms with Crippen molar-refractivity contribution in [2.75, 3.05) is 0 Å². The maximum atomic E-state index is 5.91. The highest BCUT2D eigenvalue weighted by molar-refractivity contribution is 6.17. The third-order valence-corrected chi connectivity index (χ3v) is 3.84. The lowest BCUT2D eigenvalue weighted by Gasteiger charge is -2.07. The van der Waals surface area contributed by atoms with Crippen LogP contribution in [0.5, 0.6) is 0 Å². The molecule has 2 nitrogen and oxygen atoms in total. The maximum Gasteiger partial charge on any atom is 0.0962 e. The molecule has 1 heterocycles. The monoisotopic (exact) mass is 270 g/mol. The molecule has 0 bridgehead atoms. The largest absolute Gasteiger partial charge is 0.334 e. The van der Waals surface area contributed by atoms with Crippen molar-refractivity contribution in [3.8, 4) is 11.1 Å². The molecule has 3 heteroatoms. The molecule has 0 amide bonds. The van der Waals surface area contributed by atoms with E-state index in [-0.39, 0.29) is 0 Å². The summed E-state index contributed by atoms with van der Waals surface area (Å²) in [7, 11) is 2.01. The second-order valence-electron chi connectivity index (χ2n) is 4.80. The Kier molecular flexibility index (Phi) is 3.03. The van der Waals surface area contributed by atoms with Crippen LogP contribution >= 0.6 is 11.6 Å². The summed E-state index contributed by atoms with van der Waals surface area (Å²) < 4.78 is 2.04. The van der Waals surface area contributed by atoms with E-state index in [1.807, 2.05) is 17.9 Å². The quantitative estimate of drug-likeness (QED) is 0.635. The molecule has 1 aromatic heterocycles. The van der Waals surface area contributed by atoms with Crippen LogP contribution in [0.3, 0.4) is 0 Å². The van der Waals surface area contributed by atoms with Crippen molar-refractivity contribution >= 4 is 22.6 Å². The Labute approximate surface area is 117 Å². The van der Waals surface area contributed by atoms with E-state index >= 15 is 0 Å². The molecule has 3 aromatic rings. The van der Waals surface area contributed by atoms with Crippen LogP contribution < -0.4 is 0 Å². The van der Waals surface area contributed by atoms with Crippen LogP contribution in [-0.2, 0) is 12.9 Å². The Morgan fingerprint density at radius 1 is 1.21 bits per heavy atom. The van der Waals surface area contributed by atoms with Crippen molar-refractivity contribution in [1.29, 1.82) is 0 Å². The van der Waals surface area contributed by atoms with Gasteiger partial charge in [-0.25, -0.2) is 4.98 Å². The zero-order valence-corrected chi connectivity index (χ0v) is 11.8. The molecule has 0 fully saturated rings. The van der Waals surface area contributed by atoms with E-state index < -0.39 is 0 Å². The molecule has 0 spiro atoms. The minimum atomic E-state index is 0.555. The van der Waals surface area contributed by atoms with E-state index in [2.05, 4.69) is 48.3 Å². The number of aromatic nitrogens is 2. The first-order valence-electron chi connectivity index (χ1n) is 6.26. The summed E-state index contributed by atoms with van der Waals surface area (Å²) in [4.78, 5) is 4.50. The number of aryl methyl sites for hydroxylation is 2. The Morgan fingerprint density at radius 2 is 2.05 bits per heavy atom.